The van der Waals surface area contributed by atoms with Crippen molar-refractivity contribution in [1.82, 2.24) is 9.55 Å². The van der Waals surface area contributed by atoms with E-state index in [9.17, 15) is 4.79 Å². The largest absolute Gasteiger partial charge is 0.452 e. The van der Waals surface area contributed by atoms with Gasteiger partial charge in [0.15, 0.2) is 0 Å². The van der Waals surface area contributed by atoms with E-state index in [4.69, 9.17) is 27.9 Å². The van der Waals surface area contributed by atoms with Crippen LogP contribution >= 0.6 is 35.0 Å². The van der Waals surface area contributed by atoms with Crippen LogP contribution in [0, 0.1) is 0 Å². The maximum atomic E-state index is 12.6. The number of benzene rings is 2. The maximum absolute atomic E-state index is 12.6. The number of rotatable bonds is 6. The number of halogens is 2. The Morgan fingerprint density at radius 2 is 2.00 bits per heavy atom. The molecule has 0 N–H and O–H groups in total. The summed E-state index contributed by atoms with van der Waals surface area (Å²) in [5.41, 5.74) is 1.18. The zero-order valence-electron chi connectivity index (χ0n) is 13.9. The predicted octanol–water partition coefficient (Wildman–Crippen LogP) is 5.51. The lowest BCUT2D eigenvalue weighted by molar-refractivity contribution is 0.0255. The van der Waals surface area contributed by atoms with Crippen LogP contribution in [0.25, 0.3) is 0 Å². The third-order valence-electron chi connectivity index (χ3n) is 3.82. The van der Waals surface area contributed by atoms with Gasteiger partial charge >= 0.3 is 5.97 Å². The van der Waals surface area contributed by atoms with Crippen molar-refractivity contribution in [1.29, 1.82) is 0 Å². The molecular weight excluding hydrogens is 391 g/mol. The fraction of sp³-hybridized carbons (Fsp3) is 0.158. The molecule has 7 heteroatoms. The Kier molecular flexibility index (Phi) is 6.25. The van der Waals surface area contributed by atoms with Crippen molar-refractivity contribution >= 4 is 40.9 Å². The standard InChI is InChI=1S/C19H16Cl2N2O2S/c1-26-15-5-2-13(3-6-15)19(24)25-18(11-23-9-8-22-12-23)16-7-4-14(20)10-17(16)21/h2-10,12,18H,11H2,1H3. The number of ether oxygens (including phenoxy) is 1. The van der Waals surface area contributed by atoms with Crippen molar-refractivity contribution in [3.05, 3.63) is 82.4 Å². The summed E-state index contributed by atoms with van der Waals surface area (Å²) < 4.78 is 7.60. The minimum absolute atomic E-state index is 0.399. The van der Waals surface area contributed by atoms with Crippen molar-refractivity contribution in [3.8, 4) is 0 Å². The van der Waals surface area contributed by atoms with Crippen molar-refractivity contribution < 1.29 is 9.53 Å². The van der Waals surface area contributed by atoms with E-state index in [-0.39, 0.29) is 0 Å². The quantitative estimate of drug-likeness (QED) is 0.399. The van der Waals surface area contributed by atoms with E-state index in [0.29, 0.717) is 27.7 Å². The zero-order valence-corrected chi connectivity index (χ0v) is 16.3. The molecule has 0 saturated heterocycles. The third-order valence-corrected chi connectivity index (χ3v) is 5.13. The predicted molar refractivity (Wildman–Crippen MR) is 105 cm³/mol. The molecule has 1 atom stereocenters. The minimum atomic E-state index is -0.568. The first-order valence-electron chi connectivity index (χ1n) is 7.82. The molecule has 1 unspecified atom stereocenters. The lowest BCUT2D eigenvalue weighted by Gasteiger charge is -2.20. The Morgan fingerprint density at radius 3 is 2.62 bits per heavy atom. The lowest BCUT2D eigenvalue weighted by Crippen LogP contribution is -2.17. The van der Waals surface area contributed by atoms with Gasteiger partial charge in [-0.3, -0.25) is 0 Å². The number of carbonyl (C=O) groups is 1. The summed E-state index contributed by atoms with van der Waals surface area (Å²) in [4.78, 5) is 17.7. The summed E-state index contributed by atoms with van der Waals surface area (Å²) in [6, 6.07) is 12.4. The highest BCUT2D eigenvalue weighted by molar-refractivity contribution is 7.98. The SMILES string of the molecule is CSc1ccc(C(=O)OC(Cn2ccnc2)c2ccc(Cl)cc2Cl)cc1. The summed E-state index contributed by atoms with van der Waals surface area (Å²) in [6.07, 6.45) is 6.55. The van der Waals surface area contributed by atoms with Crippen molar-refractivity contribution in [3.63, 3.8) is 0 Å². The number of aromatic nitrogens is 2. The average Bonchev–Trinajstić information content (AvgIpc) is 3.14. The topological polar surface area (TPSA) is 44.1 Å². The molecule has 0 saturated carbocycles. The molecule has 1 aromatic heterocycles. The third kappa shape index (κ3) is 4.61. The van der Waals surface area contributed by atoms with Crippen LogP contribution in [0.4, 0.5) is 0 Å². The first-order valence-corrected chi connectivity index (χ1v) is 9.80. The number of imidazole rings is 1. The fourth-order valence-corrected chi connectivity index (χ4v) is 3.41. The van der Waals surface area contributed by atoms with E-state index in [1.54, 1.807) is 60.8 Å². The molecule has 0 fully saturated rings. The minimum Gasteiger partial charge on any atom is -0.452 e. The smallest absolute Gasteiger partial charge is 0.338 e. The summed E-state index contributed by atoms with van der Waals surface area (Å²) in [7, 11) is 0. The van der Waals surface area contributed by atoms with Gasteiger partial charge in [0.25, 0.3) is 0 Å². The Balaban J connectivity index is 1.85. The normalized spacial score (nSPS) is 12.0. The van der Waals surface area contributed by atoms with Gasteiger partial charge in [0, 0.05) is 32.9 Å². The van der Waals surface area contributed by atoms with E-state index in [1.807, 2.05) is 23.0 Å². The summed E-state index contributed by atoms with van der Waals surface area (Å²) in [5.74, 6) is -0.409. The van der Waals surface area contributed by atoms with Crippen LogP contribution in [-0.2, 0) is 11.3 Å². The molecule has 0 aliphatic carbocycles. The van der Waals surface area contributed by atoms with Crippen LogP contribution in [0.5, 0.6) is 0 Å². The number of esters is 1. The Bertz CT molecular complexity index is 883. The molecule has 0 aliphatic rings. The molecule has 0 aliphatic heterocycles. The second kappa shape index (κ2) is 8.62. The Morgan fingerprint density at radius 1 is 1.23 bits per heavy atom. The Labute approximate surface area is 166 Å². The van der Waals surface area contributed by atoms with E-state index in [0.717, 1.165) is 4.90 Å². The molecule has 0 bridgehead atoms. The summed E-state index contributed by atoms with van der Waals surface area (Å²) in [6.45, 7) is 0.399. The molecule has 0 amide bonds. The van der Waals surface area contributed by atoms with Crippen LogP contribution in [0.2, 0.25) is 10.0 Å². The van der Waals surface area contributed by atoms with Gasteiger partial charge in [0.2, 0.25) is 0 Å². The average molecular weight is 407 g/mol. The molecule has 0 radical (unpaired) electrons. The highest BCUT2D eigenvalue weighted by Gasteiger charge is 2.21. The monoisotopic (exact) mass is 406 g/mol. The van der Waals surface area contributed by atoms with Gasteiger partial charge in [-0.2, -0.15) is 0 Å². The second-order valence-electron chi connectivity index (χ2n) is 5.55. The molecule has 4 nitrogen and oxygen atoms in total. The van der Waals surface area contributed by atoms with Crippen LogP contribution in [0.3, 0.4) is 0 Å². The number of hydrogen-bond donors (Lipinski definition) is 0. The van der Waals surface area contributed by atoms with Gasteiger partial charge in [-0.05, 0) is 42.7 Å². The summed E-state index contributed by atoms with van der Waals surface area (Å²) >= 11 is 13.9. The molecule has 3 rings (SSSR count). The molecule has 26 heavy (non-hydrogen) atoms. The van der Waals surface area contributed by atoms with Crippen LogP contribution < -0.4 is 0 Å². The zero-order chi connectivity index (χ0) is 18.5. The first-order chi connectivity index (χ1) is 12.6. The van der Waals surface area contributed by atoms with Crippen molar-refractivity contribution in [2.75, 3.05) is 6.26 Å². The molecule has 134 valence electrons. The maximum Gasteiger partial charge on any atom is 0.338 e. The highest BCUT2D eigenvalue weighted by Crippen LogP contribution is 2.30. The van der Waals surface area contributed by atoms with Gasteiger partial charge in [-0.25, -0.2) is 9.78 Å². The van der Waals surface area contributed by atoms with Gasteiger partial charge in [-0.1, -0.05) is 29.3 Å². The fourth-order valence-electron chi connectivity index (χ4n) is 2.47. The number of carbonyl (C=O) groups excluding carboxylic acids is 1. The molecule has 1 heterocycles. The lowest BCUT2D eigenvalue weighted by atomic mass is 10.1. The Hall–Kier alpha value is -1.95. The van der Waals surface area contributed by atoms with Gasteiger partial charge in [0.05, 0.1) is 18.4 Å². The van der Waals surface area contributed by atoms with E-state index in [1.165, 1.54) is 0 Å². The van der Waals surface area contributed by atoms with Gasteiger partial charge in [-0.15, -0.1) is 11.8 Å². The molecule has 3 aromatic rings. The van der Waals surface area contributed by atoms with Crippen molar-refractivity contribution in [2.24, 2.45) is 0 Å². The van der Waals surface area contributed by atoms with Crippen LogP contribution in [0.1, 0.15) is 22.0 Å². The van der Waals surface area contributed by atoms with E-state index in [2.05, 4.69) is 4.98 Å². The number of nitrogens with zero attached hydrogens (tertiary/aromatic N) is 2. The molecule has 0 spiro atoms. The summed E-state index contributed by atoms with van der Waals surface area (Å²) in [5, 5.41) is 0.979. The highest BCUT2D eigenvalue weighted by atomic mass is 35.5. The van der Waals surface area contributed by atoms with Crippen molar-refractivity contribution in [2.45, 2.75) is 17.5 Å². The number of thioether (sulfide) groups is 1. The van der Waals surface area contributed by atoms with E-state index >= 15 is 0 Å². The molecular formula is C19H16Cl2N2O2S. The van der Waals surface area contributed by atoms with Crippen LogP contribution in [0.15, 0.2) is 66.1 Å². The number of hydrogen-bond acceptors (Lipinski definition) is 4. The van der Waals surface area contributed by atoms with Crippen LogP contribution in [-0.4, -0.2) is 21.8 Å². The first kappa shape index (κ1) is 18.8. The van der Waals surface area contributed by atoms with Gasteiger partial charge in [0.1, 0.15) is 6.10 Å². The van der Waals surface area contributed by atoms with E-state index < -0.39 is 12.1 Å². The van der Waals surface area contributed by atoms with Gasteiger partial charge < -0.3 is 9.30 Å². The molecule has 2 aromatic carbocycles. The second-order valence-corrected chi connectivity index (χ2v) is 7.27.